The molecule has 1 aliphatic heterocycles. The van der Waals surface area contributed by atoms with Gasteiger partial charge >= 0.3 is 0 Å². The van der Waals surface area contributed by atoms with E-state index in [1.807, 2.05) is 36.4 Å². The van der Waals surface area contributed by atoms with Crippen molar-refractivity contribution in [1.82, 2.24) is 4.57 Å². The number of ketones is 1. The normalized spacial score (nSPS) is 26.3. The summed E-state index contributed by atoms with van der Waals surface area (Å²) < 4.78 is 14.2. The number of carbonyl (C=O) groups is 1. The molecule has 2 aliphatic carbocycles. The van der Waals surface area contributed by atoms with Crippen molar-refractivity contribution in [3.05, 3.63) is 88.8 Å². The van der Waals surface area contributed by atoms with Crippen molar-refractivity contribution in [2.45, 2.75) is 18.9 Å². The smallest absolute Gasteiger partial charge is 0.172 e. The average molecular weight is 412 g/mol. The standard InChI is InChI=1S/C27H25NO3/c1-28-20-11-7-6-10-18(20)23-25(28)22-19-12-13-31-27(19)24(22)21(30-2)15-17(26(23)29)14-16-8-4-3-5-9-16/h3-11,15,17,19,27H,12-14H2,1-2H3/b21-15+/t17-,19+,27+/m0/s1. The minimum absolute atomic E-state index is 0.0673. The number of Topliss-reactive ketones (excluding diaryl/α,β-unsaturated/α-hetero) is 1. The maximum absolute atomic E-state index is 14.1. The minimum atomic E-state index is -0.295. The lowest BCUT2D eigenvalue weighted by atomic mass is 9.69. The van der Waals surface area contributed by atoms with Gasteiger partial charge in [-0.25, -0.2) is 0 Å². The lowest BCUT2D eigenvalue weighted by Gasteiger charge is -2.39. The first-order valence-electron chi connectivity index (χ1n) is 11.0. The summed E-state index contributed by atoms with van der Waals surface area (Å²) in [6, 6.07) is 18.5. The molecule has 1 fully saturated rings. The molecule has 0 bridgehead atoms. The number of aryl methyl sites for hydroxylation is 1. The van der Waals surface area contributed by atoms with Crippen LogP contribution in [0.1, 0.15) is 28.0 Å². The lowest BCUT2D eigenvalue weighted by Crippen LogP contribution is -2.36. The summed E-state index contributed by atoms with van der Waals surface area (Å²) in [7, 11) is 3.78. The van der Waals surface area contributed by atoms with Gasteiger partial charge in [0.25, 0.3) is 0 Å². The highest BCUT2D eigenvalue weighted by molar-refractivity contribution is 6.15. The predicted octanol–water partition coefficient (Wildman–Crippen LogP) is 4.94. The second kappa shape index (κ2) is 6.96. The fourth-order valence-electron chi connectivity index (χ4n) is 5.69. The molecule has 0 unspecified atom stereocenters. The molecule has 4 heteroatoms. The zero-order valence-corrected chi connectivity index (χ0v) is 17.8. The summed E-state index contributed by atoms with van der Waals surface area (Å²) in [5, 5.41) is 1.03. The summed E-state index contributed by atoms with van der Waals surface area (Å²) in [4.78, 5) is 14.1. The predicted molar refractivity (Wildman–Crippen MR) is 121 cm³/mol. The van der Waals surface area contributed by atoms with Gasteiger partial charge in [0, 0.05) is 42.0 Å². The highest BCUT2D eigenvalue weighted by atomic mass is 16.5. The molecule has 2 heterocycles. The molecular formula is C27H25NO3. The Morgan fingerprint density at radius 2 is 1.84 bits per heavy atom. The van der Waals surface area contributed by atoms with Gasteiger partial charge in [-0.1, -0.05) is 48.5 Å². The number of hydrogen-bond donors (Lipinski definition) is 0. The van der Waals surface area contributed by atoms with E-state index in [0.29, 0.717) is 12.3 Å². The van der Waals surface area contributed by atoms with E-state index in [1.165, 1.54) is 5.57 Å². The van der Waals surface area contributed by atoms with Crippen LogP contribution in [0.15, 0.2) is 72.0 Å². The largest absolute Gasteiger partial charge is 0.497 e. The van der Waals surface area contributed by atoms with Crippen LogP contribution in [0.2, 0.25) is 0 Å². The molecule has 0 spiro atoms. The summed E-state index contributed by atoms with van der Waals surface area (Å²) >= 11 is 0. The zero-order valence-electron chi connectivity index (χ0n) is 17.8. The molecule has 3 aliphatic rings. The van der Waals surface area contributed by atoms with Gasteiger partial charge in [-0.15, -0.1) is 0 Å². The fourth-order valence-corrected chi connectivity index (χ4v) is 5.69. The van der Waals surface area contributed by atoms with Gasteiger partial charge in [0.05, 0.1) is 24.5 Å². The summed E-state index contributed by atoms with van der Waals surface area (Å²) in [6.45, 7) is 0.750. The van der Waals surface area contributed by atoms with E-state index in [1.54, 1.807) is 7.11 Å². The van der Waals surface area contributed by atoms with Crippen LogP contribution in [0.4, 0.5) is 0 Å². The summed E-state index contributed by atoms with van der Waals surface area (Å²) in [5.74, 6) is 0.993. The maximum Gasteiger partial charge on any atom is 0.172 e. The molecule has 3 atom stereocenters. The molecule has 156 valence electrons. The third kappa shape index (κ3) is 2.61. The Morgan fingerprint density at radius 3 is 2.65 bits per heavy atom. The molecule has 6 rings (SSSR count). The van der Waals surface area contributed by atoms with Crippen LogP contribution in [-0.2, 0) is 22.9 Å². The first kappa shape index (κ1) is 18.6. The van der Waals surface area contributed by atoms with Gasteiger partial charge in [-0.05, 0) is 36.1 Å². The van der Waals surface area contributed by atoms with Crippen molar-refractivity contribution in [2.75, 3.05) is 13.7 Å². The molecule has 0 radical (unpaired) electrons. The van der Waals surface area contributed by atoms with Gasteiger partial charge < -0.3 is 14.0 Å². The molecule has 1 saturated heterocycles. The van der Waals surface area contributed by atoms with E-state index in [9.17, 15) is 4.79 Å². The third-order valence-electron chi connectivity index (χ3n) is 7.12. The lowest BCUT2D eigenvalue weighted by molar-refractivity contribution is 0.0932. The van der Waals surface area contributed by atoms with Crippen LogP contribution in [0.5, 0.6) is 0 Å². The highest BCUT2D eigenvalue weighted by Gasteiger charge is 2.50. The second-order valence-electron chi connectivity index (χ2n) is 8.71. The van der Waals surface area contributed by atoms with E-state index in [2.05, 4.69) is 35.9 Å². The number of para-hydroxylation sites is 1. The van der Waals surface area contributed by atoms with Crippen LogP contribution in [0, 0.1) is 11.8 Å². The first-order chi connectivity index (χ1) is 15.2. The number of methoxy groups -OCH3 is 1. The molecule has 4 nitrogen and oxygen atoms in total. The highest BCUT2D eigenvalue weighted by Crippen LogP contribution is 2.54. The minimum Gasteiger partial charge on any atom is -0.497 e. The average Bonchev–Trinajstić information content (AvgIpc) is 3.32. The SMILES string of the molecule is CO/C1=C/[C@H](Cc2ccccc2)C(=O)c2c(n(C)c3ccccc23)C2=C1[C@@H]1OCC[C@H]21. The number of benzene rings is 2. The van der Waals surface area contributed by atoms with Crippen molar-refractivity contribution >= 4 is 22.3 Å². The van der Waals surface area contributed by atoms with Crippen molar-refractivity contribution in [3.63, 3.8) is 0 Å². The first-order valence-corrected chi connectivity index (χ1v) is 11.0. The van der Waals surface area contributed by atoms with E-state index in [0.717, 1.165) is 52.1 Å². The van der Waals surface area contributed by atoms with Crippen LogP contribution in [-0.4, -0.2) is 30.2 Å². The Labute approximate surface area is 181 Å². The molecule has 0 saturated carbocycles. The van der Waals surface area contributed by atoms with E-state index < -0.39 is 0 Å². The molecular weight excluding hydrogens is 386 g/mol. The number of ether oxygens (including phenoxy) is 2. The van der Waals surface area contributed by atoms with Crippen molar-refractivity contribution in [2.24, 2.45) is 18.9 Å². The monoisotopic (exact) mass is 411 g/mol. The number of carbonyl (C=O) groups excluding carboxylic acids is 1. The number of nitrogens with zero attached hydrogens (tertiary/aromatic N) is 1. The van der Waals surface area contributed by atoms with E-state index >= 15 is 0 Å². The Balaban J connectivity index is 1.62. The number of allylic oxidation sites excluding steroid dienone is 1. The number of aromatic nitrogens is 1. The quantitative estimate of drug-likeness (QED) is 0.613. The molecule has 31 heavy (non-hydrogen) atoms. The van der Waals surface area contributed by atoms with Gasteiger partial charge in [0.2, 0.25) is 0 Å². The number of hydrogen-bond acceptors (Lipinski definition) is 3. The second-order valence-corrected chi connectivity index (χ2v) is 8.71. The van der Waals surface area contributed by atoms with Gasteiger partial charge in [-0.3, -0.25) is 4.79 Å². The Morgan fingerprint density at radius 1 is 1.06 bits per heavy atom. The summed E-state index contributed by atoms with van der Waals surface area (Å²) in [5.41, 5.74) is 6.50. The van der Waals surface area contributed by atoms with Crippen LogP contribution in [0.3, 0.4) is 0 Å². The third-order valence-corrected chi connectivity index (χ3v) is 7.12. The molecule has 1 aromatic heterocycles. The van der Waals surface area contributed by atoms with Crippen molar-refractivity contribution < 1.29 is 14.3 Å². The molecule has 3 aromatic rings. The number of rotatable bonds is 3. The maximum atomic E-state index is 14.1. The van der Waals surface area contributed by atoms with Crippen molar-refractivity contribution in [3.8, 4) is 0 Å². The zero-order chi connectivity index (χ0) is 21.1. The Hall–Kier alpha value is -3.11. The van der Waals surface area contributed by atoms with Crippen LogP contribution in [0.25, 0.3) is 16.5 Å². The summed E-state index contributed by atoms with van der Waals surface area (Å²) in [6.07, 6.45) is 3.74. The Bertz CT molecular complexity index is 1260. The fraction of sp³-hybridized carbons (Fsp3) is 0.296. The van der Waals surface area contributed by atoms with Gasteiger partial charge in [0.15, 0.2) is 5.78 Å². The van der Waals surface area contributed by atoms with Crippen LogP contribution < -0.4 is 0 Å². The van der Waals surface area contributed by atoms with E-state index in [4.69, 9.17) is 9.47 Å². The topological polar surface area (TPSA) is 40.5 Å². The molecule has 2 aromatic carbocycles. The van der Waals surface area contributed by atoms with Gasteiger partial charge in [-0.2, -0.15) is 0 Å². The molecule has 0 amide bonds. The van der Waals surface area contributed by atoms with Gasteiger partial charge in [0.1, 0.15) is 5.76 Å². The Kier molecular flexibility index (Phi) is 4.19. The van der Waals surface area contributed by atoms with Crippen molar-refractivity contribution in [1.29, 1.82) is 0 Å². The number of fused-ring (bicyclic) bond motifs is 7. The molecule has 0 N–H and O–H groups in total. The van der Waals surface area contributed by atoms with E-state index in [-0.39, 0.29) is 17.8 Å². The van der Waals surface area contributed by atoms with Crippen LogP contribution >= 0.6 is 0 Å².